The third-order valence-corrected chi connectivity index (χ3v) is 4.33. The van der Waals surface area contributed by atoms with E-state index < -0.39 is 0 Å². The van der Waals surface area contributed by atoms with Gasteiger partial charge >= 0.3 is 0 Å². The summed E-state index contributed by atoms with van der Waals surface area (Å²) >= 11 is 12.5. The lowest BCUT2D eigenvalue weighted by Crippen LogP contribution is -2.45. The van der Waals surface area contributed by atoms with Crippen molar-refractivity contribution in [2.75, 3.05) is 26.2 Å². The zero-order chi connectivity index (χ0) is 13.0. The van der Waals surface area contributed by atoms with Crippen molar-refractivity contribution in [1.29, 1.82) is 0 Å². The molecule has 2 nitrogen and oxygen atoms in total. The minimum absolute atomic E-state index is 0. The van der Waals surface area contributed by atoms with Crippen LogP contribution in [-0.4, -0.2) is 31.1 Å². The lowest BCUT2D eigenvalue weighted by molar-refractivity contribution is 0.164. The highest BCUT2D eigenvalue weighted by atomic mass is 35.5. The Bertz CT molecular complexity index is 395. The van der Waals surface area contributed by atoms with Crippen LogP contribution in [0.5, 0.6) is 0 Å². The van der Waals surface area contributed by atoms with Gasteiger partial charge in [0.05, 0.1) is 10.0 Å². The second kappa shape index (κ2) is 10.1. The van der Waals surface area contributed by atoms with E-state index in [0.29, 0.717) is 11.1 Å². The van der Waals surface area contributed by atoms with Crippen LogP contribution in [0.25, 0.3) is 0 Å². The summed E-state index contributed by atoms with van der Waals surface area (Å²) in [5, 5.41) is 4.76. The number of halogens is 4. The number of rotatable bonds is 4. The first kappa shape index (κ1) is 20.3. The maximum atomic E-state index is 6.37. The molecule has 116 valence electrons. The van der Waals surface area contributed by atoms with E-state index in [2.05, 4.69) is 23.2 Å². The molecule has 1 aromatic carbocycles. The Kier molecular flexibility index (Phi) is 10.2. The number of nitrogens with one attached hydrogen (secondary N) is 1. The Hall–Kier alpha value is 0.300. The van der Waals surface area contributed by atoms with E-state index in [4.69, 9.17) is 23.2 Å². The molecule has 1 N–H and O–H groups in total. The fraction of sp³-hybridized carbons (Fsp3) is 0.571. The van der Waals surface area contributed by atoms with E-state index >= 15 is 0 Å². The average molecular weight is 360 g/mol. The molecule has 0 bridgehead atoms. The topological polar surface area (TPSA) is 15.3 Å². The zero-order valence-corrected chi connectivity index (χ0v) is 14.7. The third-order valence-electron chi connectivity index (χ3n) is 3.49. The van der Waals surface area contributed by atoms with E-state index in [1.807, 2.05) is 12.1 Å². The van der Waals surface area contributed by atoms with E-state index in [1.165, 1.54) is 5.56 Å². The van der Waals surface area contributed by atoms with Crippen LogP contribution in [0, 0.1) is 0 Å². The molecule has 0 aromatic heterocycles. The molecule has 1 aliphatic heterocycles. The molecule has 0 aliphatic carbocycles. The summed E-state index contributed by atoms with van der Waals surface area (Å²) < 4.78 is 0. The molecule has 0 radical (unpaired) electrons. The van der Waals surface area contributed by atoms with Crippen molar-refractivity contribution in [2.45, 2.75) is 25.8 Å². The monoisotopic (exact) mass is 358 g/mol. The summed E-state index contributed by atoms with van der Waals surface area (Å²) in [7, 11) is 0. The van der Waals surface area contributed by atoms with Crippen molar-refractivity contribution in [3.63, 3.8) is 0 Å². The van der Waals surface area contributed by atoms with Gasteiger partial charge in [0.2, 0.25) is 0 Å². The Morgan fingerprint density at radius 3 is 2.45 bits per heavy atom. The largest absolute Gasteiger partial charge is 0.314 e. The summed E-state index contributed by atoms with van der Waals surface area (Å²) in [4.78, 5) is 2.51. The normalized spacial score (nSPS) is 16.9. The van der Waals surface area contributed by atoms with E-state index in [1.54, 1.807) is 0 Å². The van der Waals surface area contributed by atoms with Gasteiger partial charge in [-0.05, 0) is 18.1 Å². The minimum Gasteiger partial charge on any atom is -0.314 e. The van der Waals surface area contributed by atoms with Crippen molar-refractivity contribution in [1.82, 2.24) is 10.2 Å². The van der Waals surface area contributed by atoms with Crippen LogP contribution in [-0.2, 0) is 0 Å². The van der Waals surface area contributed by atoms with Crippen LogP contribution < -0.4 is 5.32 Å². The fourth-order valence-electron chi connectivity index (χ4n) is 2.58. The molecule has 0 saturated carbocycles. The van der Waals surface area contributed by atoms with Crippen LogP contribution >= 0.6 is 48.0 Å². The molecular weight excluding hydrogens is 338 g/mol. The average Bonchev–Trinajstić information content (AvgIpc) is 2.41. The molecule has 1 aliphatic rings. The zero-order valence-electron chi connectivity index (χ0n) is 11.6. The SMILES string of the molecule is CCC[C@H](c1cccc(Cl)c1Cl)N1CCNCC1.Cl.Cl. The molecule has 0 unspecified atom stereocenters. The number of piperazine rings is 1. The van der Waals surface area contributed by atoms with Crippen LogP contribution in [0.3, 0.4) is 0 Å². The fourth-order valence-corrected chi connectivity index (χ4v) is 3.01. The first-order valence-electron chi connectivity index (χ1n) is 6.62. The molecule has 6 heteroatoms. The molecule has 0 spiro atoms. The highest BCUT2D eigenvalue weighted by Gasteiger charge is 2.23. The summed E-state index contributed by atoms with van der Waals surface area (Å²) in [6.07, 6.45) is 2.28. The van der Waals surface area contributed by atoms with Crippen LogP contribution in [0.15, 0.2) is 18.2 Å². The van der Waals surface area contributed by atoms with Gasteiger partial charge in [-0.1, -0.05) is 48.7 Å². The molecule has 1 saturated heterocycles. The van der Waals surface area contributed by atoms with Gasteiger partial charge in [0.25, 0.3) is 0 Å². The number of benzene rings is 1. The van der Waals surface area contributed by atoms with Crippen LogP contribution in [0.4, 0.5) is 0 Å². The van der Waals surface area contributed by atoms with Gasteiger partial charge in [-0.25, -0.2) is 0 Å². The van der Waals surface area contributed by atoms with Crippen molar-refractivity contribution in [3.05, 3.63) is 33.8 Å². The molecular formula is C14H22Cl4N2. The molecule has 1 atom stereocenters. The lowest BCUT2D eigenvalue weighted by Gasteiger charge is -2.35. The third kappa shape index (κ3) is 4.94. The van der Waals surface area contributed by atoms with E-state index in [0.717, 1.165) is 44.0 Å². The standard InChI is InChI=1S/C14H20Cl2N2.2ClH/c1-2-4-13(18-9-7-17-8-10-18)11-5-3-6-12(15)14(11)16;;/h3,5-6,13,17H,2,4,7-10H2,1H3;2*1H/t13-;;/m1../s1. The maximum Gasteiger partial charge on any atom is 0.0640 e. The van der Waals surface area contributed by atoms with Crippen molar-refractivity contribution < 1.29 is 0 Å². The second-order valence-corrected chi connectivity index (χ2v) is 5.52. The summed E-state index contributed by atoms with van der Waals surface area (Å²) in [6, 6.07) is 6.35. The van der Waals surface area contributed by atoms with Crippen molar-refractivity contribution >= 4 is 48.0 Å². The maximum absolute atomic E-state index is 6.37. The quantitative estimate of drug-likeness (QED) is 0.846. The molecule has 1 fully saturated rings. The number of nitrogens with zero attached hydrogens (tertiary/aromatic N) is 1. The number of hydrogen-bond acceptors (Lipinski definition) is 2. The van der Waals surface area contributed by atoms with Crippen molar-refractivity contribution in [3.8, 4) is 0 Å². The summed E-state index contributed by atoms with van der Waals surface area (Å²) in [5.74, 6) is 0. The highest BCUT2D eigenvalue weighted by molar-refractivity contribution is 6.42. The van der Waals surface area contributed by atoms with E-state index in [9.17, 15) is 0 Å². The molecule has 2 rings (SSSR count). The Morgan fingerprint density at radius 1 is 1.20 bits per heavy atom. The predicted molar refractivity (Wildman–Crippen MR) is 93.0 cm³/mol. The number of hydrogen-bond donors (Lipinski definition) is 1. The minimum atomic E-state index is 0. The van der Waals surface area contributed by atoms with Gasteiger partial charge < -0.3 is 5.32 Å². The van der Waals surface area contributed by atoms with Crippen molar-refractivity contribution in [2.24, 2.45) is 0 Å². The van der Waals surface area contributed by atoms with E-state index in [-0.39, 0.29) is 24.8 Å². The second-order valence-electron chi connectivity index (χ2n) is 4.73. The lowest BCUT2D eigenvalue weighted by atomic mass is 10.00. The Morgan fingerprint density at radius 2 is 1.85 bits per heavy atom. The predicted octanol–water partition coefficient (Wildman–Crippen LogP) is 4.58. The highest BCUT2D eigenvalue weighted by Crippen LogP contribution is 2.35. The Balaban J connectivity index is 0.00000180. The summed E-state index contributed by atoms with van der Waals surface area (Å²) in [5.41, 5.74) is 1.17. The Labute approximate surface area is 144 Å². The van der Waals surface area contributed by atoms with Crippen LogP contribution in [0.1, 0.15) is 31.4 Å². The van der Waals surface area contributed by atoms with Gasteiger partial charge in [-0.15, -0.1) is 24.8 Å². The van der Waals surface area contributed by atoms with Gasteiger partial charge in [-0.3, -0.25) is 4.90 Å². The summed E-state index contributed by atoms with van der Waals surface area (Å²) in [6.45, 7) is 6.48. The van der Waals surface area contributed by atoms with Crippen LogP contribution in [0.2, 0.25) is 10.0 Å². The molecule has 1 heterocycles. The molecule has 0 amide bonds. The molecule has 20 heavy (non-hydrogen) atoms. The smallest absolute Gasteiger partial charge is 0.0640 e. The first-order chi connectivity index (χ1) is 8.74. The molecule has 1 aromatic rings. The van der Waals surface area contributed by atoms with Gasteiger partial charge in [0, 0.05) is 32.2 Å². The van der Waals surface area contributed by atoms with Gasteiger partial charge in [0.1, 0.15) is 0 Å². The van der Waals surface area contributed by atoms with Gasteiger partial charge in [-0.2, -0.15) is 0 Å². The first-order valence-corrected chi connectivity index (χ1v) is 7.38. The van der Waals surface area contributed by atoms with Gasteiger partial charge in [0.15, 0.2) is 0 Å².